The van der Waals surface area contributed by atoms with Gasteiger partial charge in [-0.3, -0.25) is 4.79 Å². The first kappa shape index (κ1) is 24.6. The van der Waals surface area contributed by atoms with Gasteiger partial charge in [-0.2, -0.15) is 0 Å². The molecule has 29 heavy (non-hydrogen) atoms. The number of unbranched alkanes of at least 4 members (excludes halogenated alkanes) is 7. The number of aliphatic hydroxyl groups is 3. The zero-order chi connectivity index (χ0) is 21.1. The van der Waals surface area contributed by atoms with E-state index in [1.807, 2.05) is 0 Å². The molecule has 2 saturated heterocycles. The minimum atomic E-state index is -0.804. The highest BCUT2D eigenvalue weighted by molar-refractivity contribution is 5.71. The monoisotopic (exact) mass is 414 g/mol. The fraction of sp³-hybridized carbons (Fsp3) is 0.957. The summed E-state index contributed by atoms with van der Waals surface area (Å²) in [5.74, 6) is -0.170. The Hall–Kier alpha value is -0.690. The zero-order valence-electron chi connectivity index (χ0n) is 18.1. The van der Waals surface area contributed by atoms with Gasteiger partial charge in [-0.25, -0.2) is 0 Å². The lowest BCUT2D eigenvalue weighted by Gasteiger charge is -2.23. The van der Waals surface area contributed by atoms with Crippen molar-refractivity contribution < 1.29 is 29.6 Å². The first-order valence-corrected chi connectivity index (χ1v) is 11.9. The van der Waals surface area contributed by atoms with Gasteiger partial charge in [0, 0.05) is 6.42 Å². The lowest BCUT2D eigenvalue weighted by molar-refractivity contribution is -0.148. The van der Waals surface area contributed by atoms with Crippen molar-refractivity contribution in [2.75, 3.05) is 0 Å². The third kappa shape index (κ3) is 8.91. The number of cyclic esters (lactones) is 1. The lowest BCUT2D eigenvalue weighted by atomic mass is 9.97. The van der Waals surface area contributed by atoms with E-state index < -0.39 is 18.3 Å². The maximum absolute atomic E-state index is 11.3. The molecule has 0 unspecified atom stereocenters. The molecule has 0 amide bonds. The summed E-state index contributed by atoms with van der Waals surface area (Å²) in [7, 11) is 0. The van der Waals surface area contributed by atoms with E-state index in [2.05, 4.69) is 6.92 Å². The molecule has 0 aromatic carbocycles. The summed E-state index contributed by atoms with van der Waals surface area (Å²) in [5, 5.41) is 30.8. The van der Waals surface area contributed by atoms with Crippen LogP contribution in [0, 0.1) is 0 Å². The SMILES string of the molecule is CCCCCCCCCC[C@@H](O)[C@H](O)CC[C@@H](O)[C@H]1CC[C@H]([C@H]2CCC(=O)O2)O1. The molecule has 6 heteroatoms. The van der Waals surface area contributed by atoms with Gasteiger partial charge in [-0.15, -0.1) is 0 Å². The highest BCUT2D eigenvalue weighted by atomic mass is 16.6. The summed E-state index contributed by atoms with van der Waals surface area (Å²) in [4.78, 5) is 11.3. The molecule has 2 aliphatic rings. The second-order valence-electron chi connectivity index (χ2n) is 8.90. The van der Waals surface area contributed by atoms with Crippen LogP contribution in [0.15, 0.2) is 0 Å². The van der Waals surface area contributed by atoms with E-state index in [0.717, 1.165) is 25.7 Å². The molecule has 6 nitrogen and oxygen atoms in total. The van der Waals surface area contributed by atoms with Gasteiger partial charge in [0.25, 0.3) is 0 Å². The van der Waals surface area contributed by atoms with Crippen molar-refractivity contribution in [3.8, 4) is 0 Å². The van der Waals surface area contributed by atoms with Gasteiger partial charge in [0.15, 0.2) is 0 Å². The van der Waals surface area contributed by atoms with Gasteiger partial charge in [-0.05, 0) is 38.5 Å². The van der Waals surface area contributed by atoms with Crippen LogP contribution in [0.5, 0.6) is 0 Å². The average molecular weight is 415 g/mol. The molecule has 0 radical (unpaired) electrons. The number of aliphatic hydroxyl groups excluding tert-OH is 3. The van der Waals surface area contributed by atoms with Crippen molar-refractivity contribution in [2.45, 2.75) is 140 Å². The fourth-order valence-electron chi connectivity index (χ4n) is 4.45. The van der Waals surface area contributed by atoms with Gasteiger partial charge in [0.05, 0.1) is 30.5 Å². The smallest absolute Gasteiger partial charge is 0.306 e. The molecule has 0 aromatic rings. The van der Waals surface area contributed by atoms with Gasteiger partial charge in [0.1, 0.15) is 6.10 Å². The molecule has 0 aliphatic carbocycles. The highest BCUT2D eigenvalue weighted by Crippen LogP contribution is 2.31. The minimum absolute atomic E-state index is 0.126. The second kappa shape index (κ2) is 13.6. The Morgan fingerprint density at radius 3 is 2.14 bits per heavy atom. The fourth-order valence-corrected chi connectivity index (χ4v) is 4.45. The quantitative estimate of drug-likeness (QED) is 0.280. The van der Waals surface area contributed by atoms with Crippen LogP contribution in [0.1, 0.15) is 103 Å². The van der Waals surface area contributed by atoms with Gasteiger partial charge in [-0.1, -0.05) is 58.3 Å². The number of esters is 1. The van der Waals surface area contributed by atoms with Crippen molar-refractivity contribution in [2.24, 2.45) is 0 Å². The van der Waals surface area contributed by atoms with Crippen LogP contribution in [0.2, 0.25) is 0 Å². The Morgan fingerprint density at radius 2 is 1.48 bits per heavy atom. The van der Waals surface area contributed by atoms with E-state index >= 15 is 0 Å². The van der Waals surface area contributed by atoms with Crippen LogP contribution < -0.4 is 0 Å². The summed E-state index contributed by atoms with van der Waals surface area (Å²) < 4.78 is 11.2. The normalized spacial score (nSPS) is 27.7. The van der Waals surface area contributed by atoms with Gasteiger partial charge in [0.2, 0.25) is 0 Å². The van der Waals surface area contributed by atoms with Crippen LogP contribution in [-0.4, -0.2) is 57.9 Å². The molecule has 2 rings (SSSR count). The molecule has 3 N–H and O–H groups in total. The lowest BCUT2D eigenvalue weighted by Crippen LogP contribution is -2.33. The average Bonchev–Trinajstić information content (AvgIpc) is 3.36. The van der Waals surface area contributed by atoms with Gasteiger partial charge >= 0.3 is 5.97 Å². The molecular formula is C23H42O6. The van der Waals surface area contributed by atoms with Crippen molar-refractivity contribution in [3.63, 3.8) is 0 Å². The molecule has 2 heterocycles. The molecule has 0 aromatic heterocycles. The third-order valence-corrected chi connectivity index (χ3v) is 6.40. The number of ether oxygens (including phenoxy) is 2. The number of carbonyl (C=O) groups is 1. The van der Waals surface area contributed by atoms with Crippen LogP contribution in [0.3, 0.4) is 0 Å². The van der Waals surface area contributed by atoms with E-state index in [4.69, 9.17) is 9.47 Å². The maximum Gasteiger partial charge on any atom is 0.306 e. The highest BCUT2D eigenvalue weighted by Gasteiger charge is 2.39. The van der Waals surface area contributed by atoms with Crippen molar-refractivity contribution in [3.05, 3.63) is 0 Å². The molecule has 170 valence electrons. The van der Waals surface area contributed by atoms with Gasteiger partial charge < -0.3 is 24.8 Å². The molecule has 0 spiro atoms. The van der Waals surface area contributed by atoms with Crippen molar-refractivity contribution >= 4 is 5.97 Å². The predicted octanol–water partition coefficient (Wildman–Crippen LogP) is 3.63. The molecule has 6 atom stereocenters. The molecule has 2 fully saturated rings. The summed E-state index contributed by atoms with van der Waals surface area (Å²) in [5.41, 5.74) is 0. The van der Waals surface area contributed by atoms with E-state index in [9.17, 15) is 20.1 Å². The Morgan fingerprint density at radius 1 is 0.828 bits per heavy atom. The van der Waals surface area contributed by atoms with Crippen LogP contribution in [-0.2, 0) is 14.3 Å². The largest absolute Gasteiger partial charge is 0.460 e. The first-order valence-electron chi connectivity index (χ1n) is 11.9. The van der Waals surface area contributed by atoms with E-state index in [1.54, 1.807) is 0 Å². The van der Waals surface area contributed by atoms with Crippen LogP contribution in [0.25, 0.3) is 0 Å². The Kier molecular flexibility index (Phi) is 11.5. The number of hydrogen-bond donors (Lipinski definition) is 3. The Balaban J connectivity index is 1.52. The van der Waals surface area contributed by atoms with Crippen LogP contribution >= 0.6 is 0 Å². The number of rotatable bonds is 15. The number of carbonyl (C=O) groups excluding carboxylic acids is 1. The Labute approximate surface area is 176 Å². The third-order valence-electron chi connectivity index (χ3n) is 6.40. The minimum Gasteiger partial charge on any atom is -0.460 e. The van der Waals surface area contributed by atoms with E-state index in [1.165, 1.54) is 38.5 Å². The van der Waals surface area contributed by atoms with Crippen LogP contribution in [0.4, 0.5) is 0 Å². The summed E-state index contributed by atoms with van der Waals surface area (Å²) in [6.07, 6.45) is 10.9. The summed E-state index contributed by atoms with van der Waals surface area (Å²) >= 11 is 0. The van der Waals surface area contributed by atoms with E-state index in [0.29, 0.717) is 32.1 Å². The van der Waals surface area contributed by atoms with Crippen molar-refractivity contribution in [1.29, 1.82) is 0 Å². The zero-order valence-corrected chi connectivity index (χ0v) is 18.1. The second-order valence-corrected chi connectivity index (χ2v) is 8.90. The molecule has 0 bridgehead atoms. The summed E-state index contributed by atoms with van der Waals surface area (Å²) in [6.45, 7) is 2.22. The number of hydrogen-bond acceptors (Lipinski definition) is 6. The summed E-state index contributed by atoms with van der Waals surface area (Å²) in [6, 6.07) is 0. The molecule has 2 aliphatic heterocycles. The topological polar surface area (TPSA) is 96.2 Å². The van der Waals surface area contributed by atoms with Crippen molar-refractivity contribution in [1.82, 2.24) is 0 Å². The maximum atomic E-state index is 11.3. The molecule has 0 saturated carbocycles. The predicted molar refractivity (Wildman–Crippen MR) is 111 cm³/mol. The molecular weight excluding hydrogens is 372 g/mol. The Bertz CT molecular complexity index is 457. The first-order chi connectivity index (χ1) is 14.0. The van der Waals surface area contributed by atoms with E-state index in [-0.39, 0.29) is 24.3 Å². The standard InChI is InChI=1S/C23H42O6/c1-2-3-4-5-6-7-8-9-10-17(24)18(25)11-12-19(26)20-13-14-21(28-20)22-15-16-23(27)29-22/h17-22,24-26H,2-16H2,1H3/t17-,18-,19-,20-,21-,22-/m1/s1.